The van der Waals surface area contributed by atoms with E-state index < -0.39 is 10.0 Å². The molecule has 0 aliphatic carbocycles. The van der Waals surface area contributed by atoms with Crippen LogP contribution in [0.25, 0.3) is 0 Å². The molecule has 18 heavy (non-hydrogen) atoms. The first kappa shape index (κ1) is 15.6. The fourth-order valence-electron chi connectivity index (χ4n) is 1.42. The van der Waals surface area contributed by atoms with Gasteiger partial charge in [0.05, 0.1) is 0 Å². The lowest BCUT2D eigenvalue weighted by Crippen LogP contribution is -2.32. The number of hydrogen-bond donors (Lipinski definition) is 2. The highest BCUT2D eigenvalue weighted by Gasteiger charge is 2.19. The fourth-order valence-corrected chi connectivity index (χ4v) is 4.06. The molecule has 0 saturated heterocycles. The minimum absolute atomic E-state index is 0.0255. The van der Waals surface area contributed by atoms with Crippen molar-refractivity contribution in [3.8, 4) is 0 Å². The molecule has 1 unspecified atom stereocenters. The lowest BCUT2D eigenvalue weighted by molar-refractivity contribution is 0.188. The Kier molecular flexibility index (Phi) is 6.24. The highest BCUT2D eigenvalue weighted by Crippen LogP contribution is 2.22. The number of ether oxygens (including phenoxy) is 1. The molecular weight excluding hydrogens is 274 g/mol. The Morgan fingerprint density at radius 1 is 1.50 bits per heavy atom. The number of hydrogen-bond acceptors (Lipinski definition) is 5. The Morgan fingerprint density at radius 2 is 2.22 bits per heavy atom. The number of thiophene rings is 1. The molecule has 1 atom stereocenters. The zero-order valence-corrected chi connectivity index (χ0v) is 12.2. The summed E-state index contributed by atoms with van der Waals surface area (Å²) < 4.78 is 31.8. The van der Waals surface area contributed by atoms with Crippen LogP contribution in [0.3, 0.4) is 0 Å². The molecule has 0 aromatic carbocycles. The van der Waals surface area contributed by atoms with Gasteiger partial charge in [0.25, 0.3) is 0 Å². The van der Waals surface area contributed by atoms with Crippen LogP contribution in [0.2, 0.25) is 0 Å². The van der Waals surface area contributed by atoms with Crippen molar-refractivity contribution in [1.29, 1.82) is 0 Å². The second kappa shape index (κ2) is 7.20. The number of aliphatic hydroxyl groups excluding tert-OH is 1. The van der Waals surface area contributed by atoms with E-state index in [4.69, 9.17) is 9.84 Å². The zero-order chi connectivity index (χ0) is 13.6. The van der Waals surface area contributed by atoms with E-state index in [1.165, 1.54) is 11.3 Å². The van der Waals surface area contributed by atoms with Crippen molar-refractivity contribution in [2.45, 2.75) is 30.0 Å². The molecule has 0 fully saturated rings. The van der Waals surface area contributed by atoms with Gasteiger partial charge in [-0.1, -0.05) is 0 Å². The number of sulfonamides is 1. The van der Waals surface area contributed by atoms with Gasteiger partial charge < -0.3 is 9.84 Å². The molecule has 0 bridgehead atoms. The number of nitrogens with one attached hydrogen (secondary N) is 1. The average molecular weight is 293 g/mol. The average Bonchev–Trinajstić information content (AvgIpc) is 2.75. The lowest BCUT2D eigenvalue weighted by Gasteiger charge is -2.12. The summed E-state index contributed by atoms with van der Waals surface area (Å²) in [6.07, 6.45) is 1.12. The van der Waals surface area contributed by atoms with E-state index in [1.807, 2.05) is 0 Å². The van der Waals surface area contributed by atoms with Crippen molar-refractivity contribution >= 4 is 21.4 Å². The second-order valence-electron chi connectivity index (χ2n) is 4.00. The summed E-state index contributed by atoms with van der Waals surface area (Å²) in [6.45, 7) is 2.35. The molecule has 0 amide bonds. The van der Waals surface area contributed by atoms with Gasteiger partial charge in [0.15, 0.2) is 0 Å². The number of methoxy groups -OCH3 is 1. The van der Waals surface area contributed by atoms with Gasteiger partial charge in [-0.15, -0.1) is 11.3 Å². The van der Waals surface area contributed by atoms with Crippen LogP contribution in [0.5, 0.6) is 0 Å². The third-order valence-corrected chi connectivity index (χ3v) is 5.60. The van der Waals surface area contributed by atoms with E-state index in [0.717, 1.165) is 4.88 Å². The molecule has 0 saturated carbocycles. The lowest BCUT2D eigenvalue weighted by atomic mass is 10.3. The van der Waals surface area contributed by atoms with E-state index in [9.17, 15) is 8.42 Å². The first-order chi connectivity index (χ1) is 8.49. The molecule has 0 radical (unpaired) electrons. The molecule has 1 aromatic rings. The normalized spacial score (nSPS) is 13.7. The van der Waals surface area contributed by atoms with Gasteiger partial charge in [0, 0.05) is 37.7 Å². The molecule has 1 aromatic heterocycles. The first-order valence-electron chi connectivity index (χ1n) is 5.70. The van der Waals surface area contributed by atoms with Crippen LogP contribution >= 0.6 is 11.3 Å². The van der Waals surface area contributed by atoms with Gasteiger partial charge >= 0.3 is 0 Å². The SMILES string of the molecule is COCCC(C)NS(=O)(=O)c1ccc(CCO)s1. The summed E-state index contributed by atoms with van der Waals surface area (Å²) in [5.74, 6) is 0. The second-order valence-corrected chi connectivity index (χ2v) is 7.11. The van der Waals surface area contributed by atoms with Gasteiger partial charge in [-0.3, -0.25) is 0 Å². The van der Waals surface area contributed by atoms with Crippen LogP contribution in [-0.2, 0) is 21.2 Å². The Hall–Kier alpha value is -0.470. The third kappa shape index (κ3) is 4.66. The molecule has 0 aliphatic heterocycles. The van der Waals surface area contributed by atoms with Gasteiger partial charge in [-0.05, 0) is 25.5 Å². The maximum absolute atomic E-state index is 12.0. The van der Waals surface area contributed by atoms with E-state index in [0.29, 0.717) is 19.4 Å². The minimum Gasteiger partial charge on any atom is -0.396 e. The van der Waals surface area contributed by atoms with Crippen molar-refractivity contribution in [2.75, 3.05) is 20.3 Å². The molecular formula is C11H19NO4S2. The van der Waals surface area contributed by atoms with Crippen molar-refractivity contribution < 1.29 is 18.3 Å². The van der Waals surface area contributed by atoms with Crippen LogP contribution in [-0.4, -0.2) is 39.9 Å². The van der Waals surface area contributed by atoms with Gasteiger partial charge in [0.2, 0.25) is 10.0 Å². The van der Waals surface area contributed by atoms with E-state index in [1.54, 1.807) is 26.2 Å². The molecule has 2 N–H and O–H groups in total. The largest absolute Gasteiger partial charge is 0.396 e. The van der Waals surface area contributed by atoms with E-state index in [-0.39, 0.29) is 16.9 Å². The van der Waals surface area contributed by atoms with Crippen molar-refractivity contribution in [1.82, 2.24) is 4.72 Å². The summed E-state index contributed by atoms with van der Waals surface area (Å²) >= 11 is 1.19. The molecule has 104 valence electrons. The van der Waals surface area contributed by atoms with E-state index in [2.05, 4.69) is 4.72 Å². The van der Waals surface area contributed by atoms with Gasteiger partial charge in [-0.25, -0.2) is 13.1 Å². The Morgan fingerprint density at radius 3 is 2.83 bits per heavy atom. The molecule has 0 aliphatic rings. The predicted octanol–water partition coefficient (Wildman–Crippen LogP) is 0.986. The third-order valence-electron chi connectivity index (χ3n) is 2.37. The van der Waals surface area contributed by atoms with Gasteiger partial charge in [-0.2, -0.15) is 0 Å². The van der Waals surface area contributed by atoms with Crippen LogP contribution in [0.4, 0.5) is 0 Å². The van der Waals surface area contributed by atoms with Crippen LogP contribution < -0.4 is 4.72 Å². The molecule has 5 nitrogen and oxygen atoms in total. The molecule has 7 heteroatoms. The van der Waals surface area contributed by atoms with Crippen LogP contribution in [0.15, 0.2) is 16.3 Å². The van der Waals surface area contributed by atoms with Gasteiger partial charge in [0.1, 0.15) is 4.21 Å². The zero-order valence-electron chi connectivity index (χ0n) is 10.5. The van der Waals surface area contributed by atoms with Crippen molar-refractivity contribution in [2.24, 2.45) is 0 Å². The Balaban J connectivity index is 2.67. The summed E-state index contributed by atoms with van der Waals surface area (Å²) in [7, 11) is -1.87. The number of rotatable bonds is 8. The maximum Gasteiger partial charge on any atom is 0.250 e. The summed E-state index contributed by atoms with van der Waals surface area (Å²) in [6, 6.07) is 3.13. The Bertz CT molecular complexity index is 455. The molecule has 1 heterocycles. The van der Waals surface area contributed by atoms with Crippen molar-refractivity contribution in [3.63, 3.8) is 0 Å². The molecule has 0 spiro atoms. The number of aliphatic hydroxyl groups is 1. The summed E-state index contributed by atoms with van der Waals surface area (Å²) in [5.41, 5.74) is 0. The fraction of sp³-hybridized carbons (Fsp3) is 0.636. The highest BCUT2D eigenvalue weighted by atomic mass is 32.2. The predicted molar refractivity (Wildman–Crippen MR) is 71.4 cm³/mol. The van der Waals surface area contributed by atoms with Crippen LogP contribution in [0, 0.1) is 0 Å². The van der Waals surface area contributed by atoms with Crippen molar-refractivity contribution in [3.05, 3.63) is 17.0 Å². The van der Waals surface area contributed by atoms with Crippen LogP contribution in [0.1, 0.15) is 18.2 Å². The monoisotopic (exact) mass is 293 g/mol. The quantitative estimate of drug-likeness (QED) is 0.749. The topological polar surface area (TPSA) is 75.6 Å². The standard InChI is InChI=1S/C11H19NO4S2/c1-9(6-8-16-2)12-18(14,15)11-4-3-10(17-11)5-7-13/h3-4,9,12-13H,5-8H2,1-2H3. The minimum atomic E-state index is -3.46. The highest BCUT2D eigenvalue weighted by molar-refractivity contribution is 7.91. The maximum atomic E-state index is 12.0. The smallest absolute Gasteiger partial charge is 0.250 e. The molecule has 1 rings (SSSR count). The Labute approximate surface area is 112 Å². The first-order valence-corrected chi connectivity index (χ1v) is 8.00. The summed E-state index contributed by atoms with van der Waals surface area (Å²) in [4.78, 5) is 0.863. The summed E-state index contributed by atoms with van der Waals surface area (Å²) in [5, 5.41) is 8.80. The van der Waals surface area contributed by atoms with E-state index >= 15 is 0 Å².